The average Bonchev–Trinajstić information content (AvgIpc) is 2.96. The Bertz CT molecular complexity index is 685. The first kappa shape index (κ1) is 15.6. The van der Waals surface area contributed by atoms with Gasteiger partial charge in [-0.25, -0.2) is 9.37 Å². The van der Waals surface area contributed by atoms with Crippen LogP contribution in [0.15, 0.2) is 28.9 Å². The number of hydrogen-bond donors (Lipinski definition) is 2. The molecule has 1 aromatic heterocycles. The maximum Gasteiger partial charge on any atom is 0.258 e. The van der Waals surface area contributed by atoms with Crippen molar-refractivity contribution < 1.29 is 9.18 Å². The smallest absolute Gasteiger partial charge is 0.258 e. The second kappa shape index (κ2) is 6.85. The monoisotopic (exact) mass is 383 g/mol. The van der Waals surface area contributed by atoms with Gasteiger partial charge in [0, 0.05) is 15.5 Å². The van der Waals surface area contributed by atoms with Crippen molar-refractivity contribution in [2.45, 2.75) is 18.8 Å². The van der Waals surface area contributed by atoms with Gasteiger partial charge in [0.25, 0.3) is 5.91 Å². The van der Waals surface area contributed by atoms with Gasteiger partial charge in [0.1, 0.15) is 5.82 Å². The lowest BCUT2D eigenvalue weighted by molar-refractivity contribution is 0.102. The van der Waals surface area contributed by atoms with Gasteiger partial charge in [0.05, 0.1) is 5.56 Å². The second-order valence-corrected chi connectivity index (χ2v) is 7.09. The second-order valence-electron chi connectivity index (χ2n) is 5.17. The standard InChI is InChI=1S/C15H15BrFN3OS/c16-12-7-10(17)1-2-11(12)14(21)20-15-19-8-13(22-15)9-3-5-18-6-4-9/h1-2,7-9,18H,3-6H2,(H,19,20,21). The number of thiazole rings is 1. The van der Waals surface area contributed by atoms with Crippen LogP contribution in [0.2, 0.25) is 0 Å². The first-order valence-corrected chi connectivity index (χ1v) is 8.67. The minimum Gasteiger partial charge on any atom is -0.317 e. The minimum atomic E-state index is -0.383. The first-order chi connectivity index (χ1) is 10.6. The van der Waals surface area contributed by atoms with E-state index >= 15 is 0 Å². The van der Waals surface area contributed by atoms with Gasteiger partial charge in [0.15, 0.2) is 5.13 Å². The third-order valence-electron chi connectivity index (χ3n) is 3.66. The van der Waals surface area contributed by atoms with Gasteiger partial charge in [-0.3, -0.25) is 10.1 Å². The van der Waals surface area contributed by atoms with Crippen molar-refractivity contribution in [3.05, 3.63) is 45.1 Å². The number of piperidine rings is 1. The first-order valence-electron chi connectivity index (χ1n) is 7.06. The zero-order valence-electron chi connectivity index (χ0n) is 11.7. The molecule has 4 nitrogen and oxygen atoms in total. The zero-order valence-corrected chi connectivity index (χ0v) is 14.1. The Morgan fingerprint density at radius 2 is 2.18 bits per heavy atom. The molecule has 1 amide bonds. The molecule has 0 atom stereocenters. The van der Waals surface area contributed by atoms with Crippen molar-refractivity contribution in [1.82, 2.24) is 10.3 Å². The van der Waals surface area contributed by atoms with Crippen LogP contribution in [0.25, 0.3) is 0 Å². The number of carbonyl (C=O) groups excluding carboxylic acids is 1. The maximum atomic E-state index is 13.1. The minimum absolute atomic E-state index is 0.293. The summed E-state index contributed by atoms with van der Waals surface area (Å²) in [6.07, 6.45) is 4.04. The molecule has 2 aromatic rings. The molecular weight excluding hydrogens is 369 g/mol. The van der Waals surface area contributed by atoms with Crippen molar-refractivity contribution in [2.75, 3.05) is 18.4 Å². The molecule has 22 heavy (non-hydrogen) atoms. The van der Waals surface area contributed by atoms with Crippen LogP contribution in [0.1, 0.15) is 34.0 Å². The van der Waals surface area contributed by atoms with Crippen LogP contribution >= 0.6 is 27.3 Å². The van der Waals surface area contributed by atoms with Gasteiger partial charge < -0.3 is 5.32 Å². The van der Waals surface area contributed by atoms with E-state index in [0.717, 1.165) is 25.9 Å². The third-order valence-corrected chi connectivity index (χ3v) is 5.39. The lowest BCUT2D eigenvalue weighted by Gasteiger charge is -2.20. The summed E-state index contributed by atoms with van der Waals surface area (Å²) in [5.74, 6) is -0.161. The van der Waals surface area contributed by atoms with E-state index in [1.807, 2.05) is 6.20 Å². The van der Waals surface area contributed by atoms with Gasteiger partial charge in [-0.05, 0) is 66.0 Å². The van der Waals surface area contributed by atoms with Gasteiger partial charge >= 0.3 is 0 Å². The zero-order chi connectivity index (χ0) is 15.5. The highest BCUT2D eigenvalue weighted by molar-refractivity contribution is 9.10. The summed E-state index contributed by atoms with van der Waals surface area (Å²) in [7, 11) is 0. The van der Waals surface area contributed by atoms with Gasteiger partial charge in [-0.1, -0.05) is 0 Å². The molecule has 1 saturated heterocycles. The summed E-state index contributed by atoms with van der Waals surface area (Å²) >= 11 is 4.72. The number of rotatable bonds is 3. The number of halogens is 2. The molecule has 3 rings (SSSR count). The normalized spacial score (nSPS) is 15.7. The predicted molar refractivity (Wildman–Crippen MR) is 89.0 cm³/mol. The number of anilines is 1. The van der Waals surface area contributed by atoms with E-state index in [9.17, 15) is 9.18 Å². The summed E-state index contributed by atoms with van der Waals surface area (Å²) in [5.41, 5.74) is 0.389. The Balaban J connectivity index is 1.70. The molecule has 0 aliphatic carbocycles. The molecule has 2 heterocycles. The molecule has 7 heteroatoms. The van der Waals surface area contributed by atoms with Crippen LogP contribution in [0, 0.1) is 5.82 Å². The Labute approximate surface area is 140 Å². The fourth-order valence-corrected chi connectivity index (χ4v) is 3.99. The van der Waals surface area contributed by atoms with E-state index in [-0.39, 0.29) is 11.7 Å². The molecule has 2 N–H and O–H groups in total. The fourth-order valence-electron chi connectivity index (χ4n) is 2.48. The van der Waals surface area contributed by atoms with Gasteiger partial charge in [-0.2, -0.15) is 0 Å². The lowest BCUT2D eigenvalue weighted by atomic mass is 9.97. The number of nitrogens with zero attached hydrogens (tertiary/aromatic N) is 1. The van der Waals surface area contributed by atoms with Crippen LogP contribution in [-0.4, -0.2) is 24.0 Å². The molecule has 1 aliphatic rings. The third kappa shape index (κ3) is 3.53. The summed E-state index contributed by atoms with van der Waals surface area (Å²) in [6.45, 7) is 2.04. The van der Waals surface area contributed by atoms with E-state index in [4.69, 9.17) is 0 Å². The highest BCUT2D eigenvalue weighted by atomic mass is 79.9. The van der Waals surface area contributed by atoms with Crippen molar-refractivity contribution >= 4 is 38.3 Å². The number of aromatic nitrogens is 1. The van der Waals surface area contributed by atoms with Crippen LogP contribution in [-0.2, 0) is 0 Å². The molecule has 1 aliphatic heterocycles. The molecule has 0 spiro atoms. The average molecular weight is 384 g/mol. The van der Waals surface area contributed by atoms with Crippen LogP contribution in [0.4, 0.5) is 9.52 Å². The van der Waals surface area contributed by atoms with E-state index < -0.39 is 0 Å². The highest BCUT2D eigenvalue weighted by Gasteiger charge is 2.19. The van der Waals surface area contributed by atoms with E-state index in [1.165, 1.54) is 34.4 Å². The topological polar surface area (TPSA) is 54.0 Å². The Kier molecular flexibility index (Phi) is 4.85. The molecule has 0 saturated carbocycles. The molecule has 0 radical (unpaired) electrons. The summed E-state index contributed by atoms with van der Waals surface area (Å²) in [4.78, 5) is 17.7. The van der Waals surface area contributed by atoms with Crippen molar-refractivity contribution in [3.8, 4) is 0 Å². The van der Waals surface area contributed by atoms with E-state index in [0.29, 0.717) is 21.1 Å². The van der Waals surface area contributed by atoms with Crippen LogP contribution in [0.5, 0.6) is 0 Å². The van der Waals surface area contributed by atoms with Crippen LogP contribution < -0.4 is 10.6 Å². The molecule has 1 fully saturated rings. The molecule has 0 bridgehead atoms. The molecule has 116 valence electrons. The number of benzene rings is 1. The predicted octanol–water partition coefficient (Wildman–Crippen LogP) is 3.76. The highest BCUT2D eigenvalue weighted by Crippen LogP contribution is 2.32. The van der Waals surface area contributed by atoms with E-state index in [1.54, 1.807) is 0 Å². The summed E-state index contributed by atoms with van der Waals surface area (Å²) in [6, 6.07) is 4.00. The summed E-state index contributed by atoms with van der Waals surface area (Å²) in [5, 5.41) is 6.69. The molecule has 0 unspecified atom stereocenters. The number of amides is 1. The molecular formula is C15H15BrFN3OS. The van der Waals surface area contributed by atoms with Gasteiger partial charge in [-0.15, -0.1) is 11.3 Å². The van der Waals surface area contributed by atoms with Crippen molar-refractivity contribution in [1.29, 1.82) is 0 Å². The van der Waals surface area contributed by atoms with Gasteiger partial charge in [0.2, 0.25) is 0 Å². The Hall–Kier alpha value is -1.31. The largest absolute Gasteiger partial charge is 0.317 e. The number of carbonyl (C=O) groups is 1. The van der Waals surface area contributed by atoms with Crippen molar-refractivity contribution in [2.24, 2.45) is 0 Å². The quantitative estimate of drug-likeness (QED) is 0.847. The fraction of sp³-hybridized carbons (Fsp3) is 0.333. The number of hydrogen-bond acceptors (Lipinski definition) is 4. The SMILES string of the molecule is O=C(Nc1ncc(C2CCNCC2)s1)c1ccc(F)cc1Br. The summed E-state index contributed by atoms with van der Waals surface area (Å²) < 4.78 is 13.5. The van der Waals surface area contributed by atoms with Crippen molar-refractivity contribution in [3.63, 3.8) is 0 Å². The maximum absolute atomic E-state index is 13.1. The van der Waals surface area contributed by atoms with Crippen LogP contribution in [0.3, 0.4) is 0 Å². The lowest BCUT2D eigenvalue weighted by Crippen LogP contribution is -2.26. The number of nitrogens with one attached hydrogen (secondary N) is 2. The van der Waals surface area contributed by atoms with E-state index in [2.05, 4.69) is 31.5 Å². The Morgan fingerprint density at radius 1 is 1.41 bits per heavy atom. The Morgan fingerprint density at radius 3 is 2.91 bits per heavy atom. The molecule has 1 aromatic carbocycles.